The molecule has 7 nitrogen and oxygen atoms in total. The van der Waals surface area contributed by atoms with Gasteiger partial charge in [-0.05, 0) is 13.8 Å². The van der Waals surface area contributed by atoms with Gasteiger partial charge in [0.1, 0.15) is 0 Å². The Bertz CT molecular complexity index is 388. The van der Waals surface area contributed by atoms with Gasteiger partial charge in [-0.2, -0.15) is 9.97 Å². The normalized spacial score (nSPS) is 9.69. The van der Waals surface area contributed by atoms with E-state index >= 15 is 0 Å². The molecule has 7 heteroatoms. The summed E-state index contributed by atoms with van der Waals surface area (Å²) >= 11 is 0. The van der Waals surface area contributed by atoms with Crippen LogP contribution in [0.3, 0.4) is 0 Å². The largest absolute Gasteiger partial charge is 0.461 e. The van der Waals surface area contributed by atoms with Gasteiger partial charge in [0, 0.05) is 0 Å². The van der Waals surface area contributed by atoms with Crippen molar-refractivity contribution in [1.82, 2.24) is 15.0 Å². The number of rotatable bonds is 5. The zero-order valence-electron chi connectivity index (χ0n) is 9.10. The van der Waals surface area contributed by atoms with E-state index in [1.165, 1.54) is 0 Å². The van der Waals surface area contributed by atoms with Crippen molar-refractivity contribution in [2.24, 2.45) is 5.84 Å². The van der Waals surface area contributed by atoms with Crippen LogP contribution >= 0.6 is 0 Å². The summed E-state index contributed by atoms with van der Waals surface area (Å²) in [5.41, 5.74) is 2.28. The molecule has 0 unspecified atom stereocenters. The molecule has 1 rings (SSSR count). The molecule has 1 heterocycles. The van der Waals surface area contributed by atoms with Crippen molar-refractivity contribution in [2.75, 3.05) is 12.0 Å². The van der Waals surface area contributed by atoms with Gasteiger partial charge in [0.25, 0.3) is 0 Å². The van der Waals surface area contributed by atoms with E-state index < -0.39 is 0 Å². The fraction of sp³-hybridized carbons (Fsp3) is 0.444. The number of hydrazine groups is 1. The van der Waals surface area contributed by atoms with Crippen LogP contribution in [0.1, 0.15) is 13.8 Å². The average Bonchev–Trinajstić information content (AvgIpc) is 2.25. The first-order valence-corrected chi connectivity index (χ1v) is 4.61. The third-order valence-electron chi connectivity index (χ3n) is 1.35. The fourth-order valence-corrected chi connectivity index (χ4v) is 0.837. The molecule has 1 aromatic rings. The molecule has 0 fully saturated rings. The van der Waals surface area contributed by atoms with Crippen LogP contribution < -0.4 is 20.7 Å². The second kappa shape index (κ2) is 5.72. The molecule has 0 amide bonds. The second-order valence-electron chi connectivity index (χ2n) is 3.03. The van der Waals surface area contributed by atoms with Crippen LogP contribution in [0, 0.1) is 12.3 Å². The van der Waals surface area contributed by atoms with E-state index in [9.17, 15) is 0 Å². The van der Waals surface area contributed by atoms with Crippen LogP contribution in [0.25, 0.3) is 0 Å². The highest BCUT2D eigenvalue weighted by molar-refractivity contribution is 5.25. The Hall–Kier alpha value is -2.07. The topological polar surface area (TPSA) is 95.2 Å². The molecule has 1 aromatic heterocycles. The summed E-state index contributed by atoms with van der Waals surface area (Å²) in [4.78, 5) is 11.6. The SMILES string of the molecule is C#CCOc1nc(NN)nc(OC(C)C)n1. The molecule has 16 heavy (non-hydrogen) atoms. The van der Waals surface area contributed by atoms with Crippen molar-refractivity contribution in [3.05, 3.63) is 0 Å². The molecule has 0 aliphatic rings. The number of ether oxygens (including phenoxy) is 2. The minimum atomic E-state index is -0.0616. The predicted octanol–water partition coefficient (Wildman–Crippen LogP) is -0.0436. The first-order chi connectivity index (χ1) is 7.65. The van der Waals surface area contributed by atoms with E-state index in [2.05, 4.69) is 26.3 Å². The summed E-state index contributed by atoms with van der Waals surface area (Å²) in [6.45, 7) is 3.76. The maximum absolute atomic E-state index is 5.29. The molecule has 0 aromatic carbocycles. The van der Waals surface area contributed by atoms with E-state index in [1.807, 2.05) is 13.8 Å². The number of terminal acetylenes is 1. The quantitative estimate of drug-likeness (QED) is 0.410. The van der Waals surface area contributed by atoms with Crippen molar-refractivity contribution < 1.29 is 9.47 Å². The minimum Gasteiger partial charge on any atom is -0.461 e. The van der Waals surface area contributed by atoms with Gasteiger partial charge in [-0.3, -0.25) is 5.43 Å². The van der Waals surface area contributed by atoms with Gasteiger partial charge in [0.2, 0.25) is 5.95 Å². The average molecular weight is 223 g/mol. The lowest BCUT2D eigenvalue weighted by Crippen LogP contribution is -2.15. The van der Waals surface area contributed by atoms with Crippen molar-refractivity contribution in [3.63, 3.8) is 0 Å². The monoisotopic (exact) mass is 223 g/mol. The number of nitrogens with zero attached hydrogens (tertiary/aromatic N) is 3. The van der Waals surface area contributed by atoms with Gasteiger partial charge in [-0.1, -0.05) is 5.92 Å². The lowest BCUT2D eigenvalue weighted by atomic mass is 10.5. The summed E-state index contributed by atoms with van der Waals surface area (Å²) in [5, 5.41) is 0. The van der Waals surface area contributed by atoms with Gasteiger partial charge < -0.3 is 9.47 Å². The highest BCUT2D eigenvalue weighted by Gasteiger charge is 2.08. The molecule has 0 saturated carbocycles. The smallest absolute Gasteiger partial charge is 0.325 e. The Morgan fingerprint density at radius 2 is 2.06 bits per heavy atom. The molecule has 0 aliphatic carbocycles. The van der Waals surface area contributed by atoms with Crippen molar-refractivity contribution in [3.8, 4) is 24.4 Å². The Labute approximate surface area is 93.4 Å². The maximum Gasteiger partial charge on any atom is 0.325 e. The van der Waals surface area contributed by atoms with Crippen LogP contribution in [0.15, 0.2) is 0 Å². The van der Waals surface area contributed by atoms with E-state index in [0.717, 1.165) is 0 Å². The van der Waals surface area contributed by atoms with Crippen molar-refractivity contribution in [2.45, 2.75) is 20.0 Å². The molecule has 0 radical (unpaired) electrons. The van der Waals surface area contributed by atoms with Crippen molar-refractivity contribution in [1.29, 1.82) is 0 Å². The lowest BCUT2D eigenvalue weighted by Gasteiger charge is -2.09. The molecule has 86 valence electrons. The summed E-state index contributed by atoms with van der Waals surface area (Å²) in [6.07, 6.45) is 4.99. The number of aromatic nitrogens is 3. The Morgan fingerprint density at radius 3 is 2.62 bits per heavy atom. The van der Waals surface area contributed by atoms with Crippen LogP contribution in [0.5, 0.6) is 12.0 Å². The van der Waals surface area contributed by atoms with E-state index in [0.29, 0.717) is 0 Å². The molecular weight excluding hydrogens is 210 g/mol. The highest BCUT2D eigenvalue weighted by Crippen LogP contribution is 2.13. The first kappa shape index (κ1) is 12.0. The minimum absolute atomic E-state index is 0.0616. The number of hydrogen-bond donors (Lipinski definition) is 2. The second-order valence-corrected chi connectivity index (χ2v) is 3.03. The third kappa shape index (κ3) is 3.59. The van der Waals surface area contributed by atoms with Gasteiger partial charge in [0.15, 0.2) is 6.61 Å². The molecule has 0 saturated heterocycles. The Morgan fingerprint density at radius 1 is 1.38 bits per heavy atom. The van der Waals surface area contributed by atoms with Crippen molar-refractivity contribution >= 4 is 5.95 Å². The molecular formula is C9H13N5O2. The number of nitrogens with one attached hydrogen (secondary N) is 1. The van der Waals surface area contributed by atoms with Gasteiger partial charge in [-0.15, -0.1) is 11.4 Å². The number of nitrogens with two attached hydrogens (primary N) is 1. The summed E-state index contributed by atoms with van der Waals surface area (Å²) in [7, 11) is 0. The van der Waals surface area contributed by atoms with Gasteiger partial charge in [0.05, 0.1) is 6.10 Å². The number of nitrogen functional groups attached to an aromatic ring is 1. The predicted molar refractivity (Wildman–Crippen MR) is 57.7 cm³/mol. The van der Waals surface area contributed by atoms with Crippen LogP contribution in [-0.2, 0) is 0 Å². The zero-order chi connectivity index (χ0) is 12.0. The van der Waals surface area contributed by atoms with Crippen LogP contribution in [0.4, 0.5) is 5.95 Å². The highest BCUT2D eigenvalue weighted by atomic mass is 16.5. The molecule has 0 atom stereocenters. The standard InChI is InChI=1S/C9H13N5O2/c1-4-5-15-8-11-7(14-10)12-9(13-8)16-6(2)3/h1,6H,5,10H2,2-3H3,(H,11,12,13,14). The van der Waals surface area contributed by atoms with Crippen LogP contribution in [0.2, 0.25) is 0 Å². The third-order valence-corrected chi connectivity index (χ3v) is 1.35. The molecule has 0 aliphatic heterocycles. The van der Waals surface area contributed by atoms with Gasteiger partial charge >= 0.3 is 12.0 Å². The molecule has 0 spiro atoms. The van der Waals surface area contributed by atoms with E-state index in [-0.39, 0.29) is 30.7 Å². The molecule has 0 bridgehead atoms. The number of hydrogen-bond acceptors (Lipinski definition) is 7. The lowest BCUT2D eigenvalue weighted by molar-refractivity contribution is 0.216. The summed E-state index contributed by atoms with van der Waals surface area (Å²) in [5.74, 6) is 7.64. The van der Waals surface area contributed by atoms with E-state index in [1.54, 1.807) is 0 Å². The number of anilines is 1. The van der Waals surface area contributed by atoms with Gasteiger partial charge in [-0.25, -0.2) is 5.84 Å². The summed E-state index contributed by atoms with van der Waals surface area (Å²) in [6, 6.07) is 0.196. The Kier molecular flexibility index (Phi) is 4.29. The fourth-order valence-electron chi connectivity index (χ4n) is 0.837. The van der Waals surface area contributed by atoms with E-state index in [4.69, 9.17) is 21.7 Å². The summed E-state index contributed by atoms with van der Waals surface area (Å²) < 4.78 is 10.3. The molecule has 3 N–H and O–H groups in total. The van der Waals surface area contributed by atoms with Crippen LogP contribution in [-0.4, -0.2) is 27.7 Å². The first-order valence-electron chi connectivity index (χ1n) is 4.61. The zero-order valence-corrected chi connectivity index (χ0v) is 9.10. The maximum atomic E-state index is 5.29. The Balaban J connectivity index is 2.88.